The van der Waals surface area contributed by atoms with Gasteiger partial charge in [0.2, 0.25) is 0 Å². The van der Waals surface area contributed by atoms with E-state index in [0.717, 1.165) is 25.8 Å². The van der Waals surface area contributed by atoms with Crippen molar-refractivity contribution >= 4 is 0 Å². The van der Waals surface area contributed by atoms with Crippen LogP contribution in [0.3, 0.4) is 0 Å². The van der Waals surface area contributed by atoms with E-state index in [2.05, 4.69) is 26.1 Å². The molecule has 4 heteroatoms. The van der Waals surface area contributed by atoms with Crippen LogP contribution in [0, 0.1) is 11.8 Å². The smallest absolute Gasteiger partial charge is 0.0590 e. The molecule has 1 saturated carbocycles. The van der Waals surface area contributed by atoms with Gasteiger partial charge in [0.1, 0.15) is 0 Å². The molecule has 0 saturated heterocycles. The van der Waals surface area contributed by atoms with Gasteiger partial charge in [-0.25, -0.2) is 0 Å². The van der Waals surface area contributed by atoms with Crippen LogP contribution in [-0.4, -0.2) is 46.2 Å². The second-order valence-electron chi connectivity index (χ2n) is 6.62. The van der Waals surface area contributed by atoms with Crippen LogP contribution in [0.1, 0.15) is 46.5 Å². The van der Waals surface area contributed by atoms with Gasteiger partial charge in [-0.2, -0.15) is 0 Å². The largest absolute Gasteiger partial charge is 0.396 e. The van der Waals surface area contributed by atoms with E-state index in [1.165, 1.54) is 0 Å². The van der Waals surface area contributed by atoms with Crippen molar-refractivity contribution in [1.82, 2.24) is 5.32 Å². The predicted molar refractivity (Wildman–Crippen MR) is 72.3 cm³/mol. The van der Waals surface area contributed by atoms with Crippen LogP contribution in [0.15, 0.2) is 0 Å². The molecule has 1 fully saturated rings. The average Bonchev–Trinajstić information content (AvgIpc) is 2.27. The minimum Gasteiger partial charge on any atom is -0.396 e. The molecule has 1 rings (SSSR count). The molecule has 4 N–H and O–H groups in total. The summed E-state index contributed by atoms with van der Waals surface area (Å²) in [6.07, 6.45) is 2.28. The van der Waals surface area contributed by atoms with Gasteiger partial charge in [-0.15, -0.1) is 0 Å². The Morgan fingerprint density at radius 3 is 2.50 bits per heavy atom. The molecule has 0 aliphatic heterocycles. The van der Waals surface area contributed by atoms with Gasteiger partial charge in [-0.1, -0.05) is 0 Å². The highest BCUT2D eigenvalue weighted by molar-refractivity contribution is 4.83. The first-order valence-electron chi connectivity index (χ1n) is 7.05. The molecule has 0 aromatic heterocycles. The van der Waals surface area contributed by atoms with Gasteiger partial charge < -0.3 is 20.6 Å². The maximum atomic E-state index is 10.2. The third-order valence-electron chi connectivity index (χ3n) is 3.86. The summed E-state index contributed by atoms with van der Waals surface area (Å²) in [5, 5.41) is 32.4. The minimum absolute atomic E-state index is 0.0185. The van der Waals surface area contributed by atoms with Crippen molar-refractivity contribution in [3.63, 3.8) is 0 Å². The lowest BCUT2D eigenvalue weighted by atomic mass is 9.76. The van der Waals surface area contributed by atoms with Gasteiger partial charge in [0.25, 0.3) is 0 Å². The minimum atomic E-state index is -0.397. The zero-order chi connectivity index (χ0) is 13.8. The van der Waals surface area contributed by atoms with Crippen LogP contribution in [0.4, 0.5) is 0 Å². The maximum absolute atomic E-state index is 10.2. The maximum Gasteiger partial charge on any atom is 0.0590 e. The summed E-state index contributed by atoms with van der Waals surface area (Å²) < 4.78 is 0. The molecule has 0 aromatic rings. The van der Waals surface area contributed by atoms with Crippen molar-refractivity contribution in [3.05, 3.63) is 0 Å². The Kier molecular flexibility index (Phi) is 6.05. The Labute approximate surface area is 110 Å². The summed E-state index contributed by atoms with van der Waals surface area (Å²) in [4.78, 5) is 0. The highest BCUT2D eigenvalue weighted by atomic mass is 16.3. The Balaban J connectivity index is 2.31. The first-order valence-corrected chi connectivity index (χ1v) is 7.05. The summed E-state index contributed by atoms with van der Waals surface area (Å²) in [5.74, 6) is 0.154. The van der Waals surface area contributed by atoms with Crippen LogP contribution >= 0.6 is 0 Å². The molecule has 4 nitrogen and oxygen atoms in total. The SMILES string of the molecule is CC(C)(C)NCCC(O)C1CCC(O)C(CO)C1. The average molecular weight is 259 g/mol. The molecule has 4 atom stereocenters. The Morgan fingerprint density at radius 1 is 1.28 bits per heavy atom. The zero-order valence-electron chi connectivity index (χ0n) is 11.9. The van der Waals surface area contributed by atoms with Crippen LogP contribution in [0.5, 0.6) is 0 Å². The Hall–Kier alpha value is -0.160. The fourth-order valence-corrected chi connectivity index (χ4v) is 2.66. The first-order chi connectivity index (χ1) is 8.33. The van der Waals surface area contributed by atoms with Gasteiger partial charge in [0.15, 0.2) is 0 Å². The zero-order valence-corrected chi connectivity index (χ0v) is 11.9. The fraction of sp³-hybridized carbons (Fsp3) is 1.00. The molecular weight excluding hydrogens is 230 g/mol. The van der Waals surface area contributed by atoms with Crippen LogP contribution < -0.4 is 5.32 Å². The predicted octanol–water partition coefficient (Wildman–Crippen LogP) is 0.895. The van der Waals surface area contributed by atoms with Gasteiger partial charge in [0.05, 0.1) is 12.2 Å². The summed E-state index contributed by atoms with van der Waals surface area (Å²) >= 11 is 0. The molecule has 0 heterocycles. The molecule has 0 aromatic carbocycles. The normalized spacial score (nSPS) is 31.3. The molecule has 18 heavy (non-hydrogen) atoms. The van der Waals surface area contributed by atoms with E-state index in [-0.39, 0.29) is 30.1 Å². The number of aliphatic hydroxyl groups is 3. The molecule has 1 aliphatic carbocycles. The molecule has 1 aliphatic rings. The van der Waals surface area contributed by atoms with E-state index in [9.17, 15) is 15.3 Å². The Bertz CT molecular complexity index is 240. The lowest BCUT2D eigenvalue weighted by Gasteiger charge is -2.35. The van der Waals surface area contributed by atoms with Crippen LogP contribution in [-0.2, 0) is 0 Å². The van der Waals surface area contributed by atoms with Gasteiger partial charge in [-0.05, 0) is 58.9 Å². The molecule has 0 amide bonds. The third kappa shape index (κ3) is 5.22. The van der Waals surface area contributed by atoms with E-state index in [0.29, 0.717) is 6.42 Å². The summed E-state index contributed by atoms with van der Waals surface area (Å²) in [7, 11) is 0. The number of hydrogen-bond acceptors (Lipinski definition) is 4. The second-order valence-corrected chi connectivity index (χ2v) is 6.62. The lowest BCUT2D eigenvalue weighted by molar-refractivity contribution is -0.0182. The third-order valence-corrected chi connectivity index (χ3v) is 3.86. The molecule has 0 radical (unpaired) electrons. The van der Waals surface area contributed by atoms with E-state index in [1.54, 1.807) is 0 Å². The monoisotopic (exact) mass is 259 g/mol. The lowest BCUT2D eigenvalue weighted by Crippen LogP contribution is -2.40. The van der Waals surface area contributed by atoms with Gasteiger partial charge in [-0.3, -0.25) is 0 Å². The van der Waals surface area contributed by atoms with Crippen molar-refractivity contribution < 1.29 is 15.3 Å². The first kappa shape index (κ1) is 15.9. The molecule has 0 bridgehead atoms. The number of hydrogen-bond donors (Lipinski definition) is 4. The second kappa shape index (κ2) is 6.85. The van der Waals surface area contributed by atoms with Crippen molar-refractivity contribution in [2.45, 2.75) is 64.2 Å². The van der Waals surface area contributed by atoms with E-state index in [1.807, 2.05) is 0 Å². The number of nitrogens with one attached hydrogen (secondary N) is 1. The molecular formula is C14H29NO3. The van der Waals surface area contributed by atoms with Crippen molar-refractivity contribution in [2.24, 2.45) is 11.8 Å². The van der Waals surface area contributed by atoms with Gasteiger partial charge in [0, 0.05) is 18.1 Å². The van der Waals surface area contributed by atoms with Crippen molar-refractivity contribution in [3.8, 4) is 0 Å². The summed E-state index contributed by atoms with van der Waals surface area (Å²) in [6, 6.07) is 0. The van der Waals surface area contributed by atoms with E-state index < -0.39 is 6.10 Å². The summed E-state index contributed by atoms with van der Waals surface area (Å²) in [6.45, 7) is 7.15. The van der Waals surface area contributed by atoms with E-state index in [4.69, 9.17) is 0 Å². The standard InChI is InChI=1S/C14H29NO3/c1-14(2,3)15-7-6-13(18)10-4-5-12(17)11(8-10)9-16/h10-13,15-18H,4-9H2,1-3H3. The van der Waals surface area contributed by atoms with Gasteiger partial charge >= 0.3 is 0 Å². The van der Waals surface area contributed by atoms with E-state index >= 15 is 0 Å². The van der Waals surface area contributed by atoms with Crippen molar-refractivity contribution in [1.29, 1.82) is 0 Å². The van der Waals surface area contributed by atoms with Crippen molar-refractivity contribution in [2.75, 3.05) is 13.2 Å². The van der Waals surface area contributed by atoms with Crippen LogP contribution in [0.25, 0.3) is 0 Å². The summed E-state index contributed by atoms with van der Waals surface area (Å²) in [5.41, 5.74) is 0.0795. The molecule has 4 unspecified atom stereocenters. The number of rotatable bonds is 5. The molecule has 0 spiro atoms. The fourth-order valence-electron chi connectivity index (χ4n) is 2.66. The quantitative estimate of drug-likeness (QED) is 0.592. The highest BCUT2D eigenvalue weighted by Gasteiger charge is 2.32. The Morgan fingerprint density at radius 2 is 1.94 bits per heavy atom. The highest BCUT2D eigenvalue weighted by Crippen LogP contribution is 2.32. The number of aliphatic hydroxyl groups excluding tert-OH is 3. The topological polar surface area (TPSA) is 72.7 Å². The molecule has 108 valence electrons. The van der Waals surface area contributed by atoms with Crippen LogP contribution in [0.2, 0.25) is 0 Å².